The maximum Gasteiger partial charge on any atom is 0.338 e. The largest absolute Gasteiger partial charge is 0.495 e. The van der Waals surface area contributed by atoms with Crippen molar-refractivity contribution < 1.29 is 27.5 Å². The number of carbonyl (C=O) groups excluding carboxylic acids is 2. The molecule has 2 rings (SSSR count). The van der Waals surface area contributed by atoms with Gasteiger partial charge >= 0.3 is 5.97 Å². The Bertz CT molecular complexity index is 925. The van der Waals surface area contributed by atoms with Crippen molar-refractivity contribution in [2.24, 2.45) is 0 Å². The predicted octanol–water partition coefficient (Wildman–Crippen LogP) is 2.30. The van der Waals surface area contributed by atoms with Gasteiger partial charge in [-0.25, -0.2) is 17.9 Å². The Balaban J connectivity index is 2.16. The Kier molecular flexibility index (Phi) is 6.36. The number of sulfonamides is 1. The Labute approximate surface area is 155 Å². The number of methoxy groups -OCH3 is 1. The lowest BCUT2D eigenvalue weighted by Gasteiger charge is -2.10. The molecule has 26 heavy (non-hydrogen) atoms. The van der Waals surface area contributed by atoms with E-state index < -0.39 is 28.4 Å². The number of hydrogen-bond acceptors (Lipinski definition) is 6. The molecule has 0 atom stereocenters. The number of halogens is 1. The van der Waals surface area contributed by atoms with Gasteiger partial charge in [-0.3, -0.25) is 4.79 Å². The molecular weight excluding hydrogens is 382 g/mol. The first-order chi connectivity index (χ1) is 12.3. The van der Waals surface area contributed by atoms with E-state index in [2.05, 4.69) is 4.72 Å². The number of Topliss-reactive ketones (excluding diaryl/α,β-unsaturated/α-hetero) is 1. The smallest absolute Gasteiger partial charge is 0.338 e. The van der Waals surface area contributed by atoms with Gasteiger partial charge in [0.05, 0.1) is 12.7 Å². The number of ether oxygens (including phenoxy) is 2. The standard InChI is InChI=1S/C17H16ClNO6S/c1-19-26(22,23)16-9-12(5-8-15(16)24-2)17(21)25-10-14(20)11-3-6-13(18)7-4-11/h3-9,19H,10H2,1-2H3. The molecule has 0 saturated carbocycles. The van der Waals surface area contributed by atoms with Gasteiger partial charge in [0, 0.05) is 10.6 Å². The van der Waals surface area contributed by atoms with E-state index in [4.69, 9.17) is 21.1 Å². The summed E-state index contributed by atoms with van der Waals surface area (Å²) in [6.07, 6.45) is 0. The molecule has 138 valence electrons. The minimum atomic E-state index is -3.84. The minimum Gasteiger partial charge on any atom is -0.495 e. The van der Waals surface area contributed by atoms with Crippen LogP contribution in [-0.2, 0) is 14.8 Å². The maximum atomic E-state index is 12.2. The van der Waals surface area contributed by atoms with Crippen molar-refractivity contribution in [2.75, 3.05) is 20.8 Å². The fraction of sp³-hybridized carbons (Fsp3) is 0.176. The van der Waals surface area contributed by atoms with E-state index in [1.165, 1.54) is 38.4 Å². The van der Waals surface area contributed by atoms with Crippen LogP contribution < -0.4 is 9.46 Å². The average molecular weight is 398 g/mol. The fourth-order valence-corrected chi connectivity index (χ4v) is 3.10. The number of ketones is 1. The van der Waals surface area contributed by atoms with Crippen molar-refractivity contribution in [2.45, 2.75) is 4.90 Å². The third-order valence-electron chi connectivity index (χ3n) is 3.46. The van der Waals surface area contributed by atoms with Crippen molar-refractivity contribution in [1.82, 2.24) is 4.72 Å². The number of carbonyl (C=O) groups is 2. The van der Waals surface area contributed by atoms with Crippen LogP contribution in [0.1, 0.15) is 20.7 Å². The highest BCUT2D eigenvalue weighted by Gasteiger charge is 2.21. The molecule has 0 spiro atoms. The summed E-state index contributed by atoms with van der Waals surface area (Å²) in [4.78, 5) is 24.0. The number of benzene rings is 2. The van der Waals surface area contributed by atoms with Gasteiger partial charge in [0.25, 0.3) is 0 Å². The summed E-state index contributed by atoms with van der Waals surface area (Å²) in [7, 11) is -1.28. The summed E-state index contributed by atoms with van der Waals surface area (Å²) in [5, 5.41) is 0.482. The SMILES string of the molecule is CNS(=O)(=O)c1cc(C(=O)OCC(=O)c2ccc(Cl)cc2)ccc1OC. The Hall–Kier alpha value is -2.42. The summed E-state index contributed by atoms with van der Waals surface area (Å²) in [6, 6.07) is 9.95. The van der Waals surface area contributed by atoms with Gasteiger partial charge < -0.3 is 9.47 Å². The monoisotopic (exact) mass is 397 g/mol. The van der Waals surface area contributed by atoms with Crippen molar-refractivity contribution in [1.29, 1.82) is 0 Å². The van der Waals surface area contributed by atoms with Crippen LogP contribution in [0.3, 0.4) is 0 Å². The second-order valence-electron chi connectivity index (χ2n) is 5.08. The second-order valence-corrected chi connectivity index (χ2v) is 7.37. The van der Waals surface area contributed by atoms with Crippen LogP contribution >= 0.6 is 11.6 Å². The molecule has 7 nitrogen and oxygen atoms in total. The van der Waals surface area contributed by atoms with E-state index in [1.807, 2.05) is 0 Å². The van der Waals surface area contributed by atoms with Crippen LogP contribution in [0.4, 0.5) is 0 Å². The number of nitrogens with one attached hydrogen (secondary N) is 1. The first kappa shape index (κ1) is 19.9. The van der Waals surface area contributed by atoms with Gasteiger partial charge in [-0.15, -0.1) is 0 Å². The van der Waals surface area contributed by atoms with Gasteiger partial charge in [-0.2, -0.15) is 0 Å². The van der Waals surface area contributed by atoms with Gasteiger partial charge in [0.2, 0.25) is 10.0 Å². The molecule has 0 heterocycles. The third-order valence-corrected chi connectivity index (χ3v) is 5.15. The van der Waals surface area contributed by atoms with E-state index >= 15 is 0 Å². The molecule has 2 aromatic rings. The molecule has 0 unspecified atom stereocenters. The molecule has 2 aromatic carbocycles. The fourth-order valence-electron chi connectivity index (χ4n) is 2.06. The zero-order valence-electron chi connectivity index (χ0n) is 14.0. The zero-order valence-corrected chi connectivity index (χ0v) is 15.6. The molecule has 0 radical (unpaired) electrons. The van der Waals surface area contributed by atoms with Gasteiger partial charge in [-0.1, -0.05) is 11.6 Å². The molecular formula is C17H16ClNO6S. The Morgan fingerprint density at radius 2 is 1.69 bits per heavy atom. The first-order valence-corrected chi connectivity index (χ1v) is 9.22. The van der Waals surface area contributed by atoms with Gasteiger partial charge in [-0.05, 0) is 49.5 Å². The predicted molar refractivity (Wildman–Crippen MR) is 95.3 cm³/mol. The molecule has 0 aliphatic rings. The summed E-state index contributed by atoms with van der Waals surface area (Å²) < 4.78 is 36.2. The number of esters is 1. The molecule has 0 bridgehead atoms. The normalized spacial score (nSPS) is 11.0. The first-order valence-electron chi connectivity index (χ1n) is 7.36. The molecule has 0 aromatic heterocycles. The minimum absolute atomic E-state index is 0.0245. The summed E-state index contributed by atoms with van der Waals surface area (Å²) in [6.45, 7) is -0.486. The van der Waals surface area contributed by atoms with E-state index in [1.54, 1.807) is 12.1 Å². The topological polar surface area (TPSA) is 98.8 Å². The van der Waals surface area contributed by atoms with Gasteiger partial charge in [0.15, 0.2) is 12.4 Å². The molecule has 0 amide bonds. The Morgan fingerprint density at radius 3 is 2.27 bits per heavy atom. The molecule has 0 aliphatic heterocycles. The zero-order chi connectivity index (χ0) is 19.3. The third kappa shape index (κ3) is 4.60. The second kappa shape index (κ2) is 8.31. The molecule has 9 heteroatoms. The lowest BCUT2D eigenvalue weighted by Crippen LogP contribution is -2.20. The van der Waals surface area contributed by atoms with E-state index in [-0.39, 0.29) is 16.2 Å². The molecule has 0 saturated heterocycles. The summed E-state index contributed by atoms with van der Waals surface area (Å²) in [5.41, 5.74) is 0.318. The van der Waals surface area contributed by atoms with E-state index in [0.717, 1.165) is 6.07 Å². The van der Waals surface area contributed by atoms with Crippen LogP contribution in [0, 0.1) is 0 Å². The highest BCUT2D eigenvalue weighted by Crippen LogP contribution is 2.25. The van der Waals surface area contributed by atoms with Crippen LogP contribution in [0.5, 0.6) is 5.75 Å². The number of hydrogen-bond donors (Lipinski definition) is 1. The summed E-state index contributed by atoms with van der Waals surface area (Å²) in [5.74, 6) is -1.16. The quantitative estimate of drug-likeness (QED) is 0.568. The van der Waals surface area contributed by atoms with Crippen molar-refractivity contribution in [3.8, 4) is 5.75 Å². The van der Waals surface area contributed by atoms with Crippen molar-refractivity contribution >= 4 is 33.4 Å². The highest BCUT2D eigenvalue weighted by atomic mass is 35.5. The average Bonchev–Trinajstić information content (AvgIpc) is 2.65. The van der Waals surface area contributed by atoms with E-state index in [9.17, 15) is 18.0 Å². The molecule has 0 aliphatic carbocycles. The van der Waals surface area contributed by atoms with Crippen LogP contribution in [0.25, 0.3) is 0 Å². The van der Waals surface area contributed by atoms with Crippen LogP contribution in [0.2, 0.25) is 5.02 Å². The maximum absolute atomic E-state index is 12.2. The number of rotatable bonds is 7. The lowest BCUT2D eigenvalue weighted by molar-refractivity contribution is 0.0474. The summed E-state index contributed by atoms with van der Waals surface area (Å²) >= 11 is 5.75. The Morgan fingerprint density at radius 1 is 1.08 bits per heavy atom. The lowest BCUT2D eigenvalue weighted by atomic mass is 10.1. The van der Waals surface area contributed by atoms with E-state index in [0.29, 0.717) is 10.6 Å². The van der Waals surface area contributed by atoms with Crippen molar-refractivity contribution in [3.63, 3.8) is 0 Å². The highest BCUT2D eigenvalue weighted by molar-refractivity contribution is 7.89. The van der Waals surface area contributed by atoms with Crippen LogP contribution in [-0.4, -0.2) is 40.9 Å². The molecule has 1 N–H and O–H groups in total. The molecule has 0 fully saturated rings. The van der Waals surface area contributed by atoms with Crippen LogP contribution in [0.15, 0.2) is 47.4 Å². The van der Waals surface area contributed by atoms with Crippen molar-refractivity contribution in [3.05, 3.63) is 58.6 Å². The van der Waals surface area contributed by atoms with Gasteiger partial charge in [0.1, 0.15) is 10.6 Å².